The zero-order valence-corrected chi connectivity index (χ0v) is 15.2. The van der Waals surface area contributed by atoms with Crippen LogP contribution < -0.4 is 10.5 Å². The molecule has 0 radical (unpaired) electrons. The van der Waals surface area contributed by atoms with Gasteiger partial charge in [-0.1, -0.05) is 0 Å². The highest BCUT2D eigenvalue weighted by atomic mass is 32.2. The number of carbonyl (C=O) groups excluding carboxylic acids is 1. The Morgan fingerprint density at radius 3 is 2.73 bits per heavy atom. The van der Waals surface area contributed by atoms with E-state index in [1.807, 2.05) is 0 Å². The number of amides is 1. The molecule has 26 heavy (non-hydrogen) atoms. The van der Waals surface area contributed by atoms with Gasteiger partial charge in [0.15, 0.2) is 0 Å². The lowest BCUT2D eigenvalue weighted by molar-refractivity contribution is 0.0996. The molecule has 0 unspecified atom stereocenters. The fourth-order valence-corrected chi connectivity index (χ4v) is 4.05. The summed E-state index contributed by atoms with van der Waals surface area (Å²) in [7, 11) is -3.17. The molecule has 140 valence electrons. The zero-order valence-electron chi connectivity index (χ0n) is 14.4. The van der Waals surface area contributed by atoms with Gasteiger partial charge in [-0.15, -0.1) is 10.2 Å². The Morgan fingerprint density at radius 2 is 2.08 bits per heavy atom. The van der Waals surface area contributed by atoms with E-state index >= 15 is 0 Å². The van der Waals surface area contributed by atoms with Crippen LogP contribution in [-0.2, 0) is 16.6 Å². The molecular weight excluding hydrogens is 358 g/mol. The van der Waals surface area contributed by atoms with Gasteiger partial charge in [0.05, 0.1) is 18.4 Å². The summed E-state index contributed by atoms with van der Waals surface area (Å²) in [6.45, 7) is 0.588. The van der Waals surface area contributed by atoms with Crippen LogP contribution in [-0.4, -0.2) is 51.8 Å². The van der Waals surface area contributed by atoms with E-state index < -0.39 is 15.9 Å². The Kier molecular flexibility index (Phi) is 5.28. The second kappa shape index (κ2) is 7.46. The summed E-state index contributed by atoms with van der Waals surface area (Å²) in [5, 5.41) is 12.4. The van der Waals surface area contributed by atoms with E-state index in [1.165, 1.54) is 17.2 Å². The third-order valence-electron chi connectivity index (χ3n) is 4.38. The third-order valence-corrected chi connectivity index (χ3v) is 5.15. The molecular formula is C15H21N7O3S. The van der Waals surface area contributed by atoms with Crippen molar-refractivity contribution < 1.29 is 13.2 Å². The number of hydrogen-bond donors (Lipinski definition) is 2. The van der Waals surface area contributed by atoms with Gasteiger partial charge in [0.25, 0.3) is 5.91 Å². The van der Waals surface area contributed by atoms with Crippen LogP contribution in [0.2, 0.25) is 0 Å². The Bertz CT molecular complexity index is 888. The van der Waals surface area contributed by atoms with E-state index in [2.05, 4.69) is 25.1 Å². The normalized spacial score (nSPS) is 20.8. The van der Waals surface area contributed by atoms with E-state index in [1.54, 1.807) is 12.1 Å². The molecule has 2 aromatic heterocycles. The third kappa shape index (κ3) is 4.61. The number of nitrogens with zero attached hydrogens (tertiary/aromatic N) is 5. The van der Waals surface area contributed by atoms with Gasteiger partial charge in [-0.25, -0.2) is 13.1 Å². The topological polar surface area (TPSA) is 146 Å². The minimum atomic E-state index is -3.17. The van der Waals surface area contributed by atoms with Crippen LogP contribution >= 0.6 is 0 Å². The molecule has 1 saturated carbocycles. The molecule has 1 fully saturated rings. The van der Waals surface area contributed by atoms with E-state index in [9.17, 15) is 13.2 Å². The van der Waals surface area contributed by atoms with Crippen LogP contribution in [0.3, 0.4) is 0 Å². The number of hydrogen-bond acceptors (Lipinski definition) is 7. The SMILES string of the molecule is CS(=O)(=O)NC1CCC(Cn2nnc(-c3cccnc3C(N)=O)n2)CC1. The van der Waals surface area contributed by atoms with Crippen molar-refractivity contribution in [3.63, 3.8) is 0 Å². The molecule has 10 nitrogen and oxygen atoms in total. The van der Waals surface area contributed by atoms with Gasteiger partial charge in [-0.2, -0.15) is 4.80 Å². The number of aromatic nitrogens is 5. The molecule has 3 N–H and O–H groups in total. The van der Waals surface area contributed by atoms with Crippen molar-refractivity contribution in [2.45, 2.75) is 38.3 Å². The summed E-state index contributed by atoms with van der Waals surface area (Å²) in [4.78, 5) is 16.9. The average molecular weight is 379 g/mol. The molecule has 0 saturated heterocycles. The van der Waals surface area contributed by atoms with Crippen molar-refractivity contribution in [3.05, 3.63) is 24.0 Å². The van der Waals surface area contributed by atoms with Crippen LogP contribution in [0, 0.1) is 5.92 Å². The van der Waals surface area contributed by atoms with Crippen LogP contribution in [0.5, 0.6) is 0 Å². The first-order chi connectivity index (χ1) is 12.3. The van der Waals surface area contributed by atoms with E-state index in [-0.39, 0.29) is 11.7 Å². The molecule has 1 aliphatic carbocycles. The lowest BCUT2D eigenvalue weighted by atomic mass is 9.86. The quantitative estimate of drug-likeness (QED) is 0.715. The van der Waals surface area contributed by atoms with Crippen molar-refractivity contribution in [1.29, 1.82) is 0 Å². The van der Waals surface area contributed by atoms with E-state index in [4.69, 9.17) is 5.73 Å². The van der Waals surface area contributed by atoms with Gasteiger partial charge < -0.3 is 5.73 Å². The van der Waals surface area contributed by atoms with Gasteiger partial charge >= 0.3 is 0 Å². The first kappa shape index (κ1) is 18.4. The lowest BCUT2D eigenvalue weighted by Gasteiger charge is -2.27. The van der Waals surface area contributed by atoms with E-state index in [0.717, 1.165) is 25.7 Å². The lowest BCUT2D eigenvalue weighted by Crippen LogP contribution is -2.37. The van der Waals surface area contributed by atoms with Crippen LogP contribution in [0.4, 0.5) is 0 Å². The smallest absolute Gasteiger partial charge is 0.268 e. The summed E-state index contributed by atoms with van der Waals surface area (Å²) in [6, 6.07) is 3.35. The molecule has 1 aliphatic rings. The molecule has 0 aromatic carbocycles. The number of rotatable bonds is 6. The number of tetrazole rings is 1. The summed E-state index contributed by atoms with van der Waals surface area (Å²) >= 11 is 0. The largest absolute Gasteiger partial charge is 0.364 e. The molecule has 1 amide bonds. The Morgan fingerprint density at radius 1 is 1.35 bits per heavy atom. The van der Waals surface area contributed by atoms with Crippen molar-refractivity contribution in [3.8, 4) is 11.4 Å². The average Bonchev–Trinajstić information content (AvgIpc) is 3.04. The monoisotopic (exact) mass is 379 g/mol. The summed E-state index contributed by atoms with van der Waals surface area (Å²) in [5.41, 5.74) is 5.89. The molecule has 2 aromatic rings. The standard InChI is InChI=1S/C15H21N7O3S/c1-26(24,25)20-11-6-4-10(5-7-11)9-22-19-15(18-21-22)12-3-2-8-17-13(12)14(16)23/h2-3,8,10-11,20H,4-7,9H2,1H3,(H2,16,23). The number of nitrogens with one attached hydrogen (secondary N) is 1. The zero-order chi connectivity index (χ0) is 18.7. The second-order valence-electron chi connectivity index (χ2n) is 6.54. The Hall–Kier alpha value is -2.40. The summed E-state index contributed by atoms with van der Waals surface area (Å²) in [5.74, 6) is 0.00662. The van der Waals surface area contributed by atoms with Crippen molar-refractivity contribution in [1.82, 2.24) is 29.9 Å². The minimum Gasteiger partial charge on any atom is -0.364 e. The van der Waals surface area contributed by atoms with Crippen LogP contribution in [0.25, 0.3) is 11.4 Å². The Balaban J connectivity index is 1.63. The van der Waals surface area contributed by atoms with Gasteiger partial charge in [-0.3, -0.25) is 9.78 Å². The van der Waals surface area contributed by atoms with E-state index in [0.29, 0.717) is 23.9 Å². The highest BCUT2D eigenvalue weighted by Crippen LogP contribution is 2.26. The predicted octanol–water partition coefficient (Wildman–Crippen LogP) is -0.0580. The molecule has 0 bridgehead atoms. The predicted molar refractivity (Wildman–Crippen MR) is 93.3 cm³/mol. The summed E-state index contributed by atoms with van der Waals surface area (Å²) < 4.78 is 25.3. The highest BCUT2D eigenvalue weighted by Gasteiger charge is 2.24. The number of pyridine rings is 1. The molecule has 0 spiro atoms. The number of sulfonamides is 1. The van der Waals surface area contributed by atoms with Gasteiger partial charge in [0, 0.05) is 12.2 Å². The van der Waals surface area contributed by atoms with Gasteiger partial charge in [0.1, 0.15) is 5.69 Å². The van der Waals surface area contributed by atoms with Gasteiger partial charge in [-0.05, 0) is 48.9 Å². The first-order valence-corrected chi connectivity index (χ1v) is 10.2. The maximum absolute atomic E-state index is 11.5. The highest BCUT2D eigenvalue weighted by molar-refractivity contribution is 7.88. The number of primary amides is 1. The number of carbonyl (C=O) groups is 1. The van der Waals surface area contributed by atoms with Gasteiger partial charge in [0.2, 0.25) is 15.8 Å². The number of nitrogens with two attached hydrogens (primary N) is 1. The van der Waals surface area contributed by atoms with Crippen molar-refractivity contribution in [2.75, 3.05) is 6.26 Å². The molecule has 2 heterocycles. The maximum Gasteiger partial charge on any atom is 0.268 e. The first-order valence-electron chi connectivity index (χ1n) is 8.32. The maximum atomic E-state index is 11.5. The summed E-state index contributed by atoms with van der Waals surface area (Å²) in [6.07, 6.45) is 5.99. The second-order valence-corrected chi connectivity index (χ2v) is 8.32. The van der Waals surface area contributed by atoms with Crippen LogP contribution in [0.15, 0.2) is 18.3 Å². The van der Waals surface area contributed by atoms with Crippen molar-refractivity contribution in [2.24, 2.45) is 11.7 Å². The molecule has 3 rings (SSSR count). The van der Waals surface area contributed by atoms with Crippen molar-refractivity contribution >= 4 is 15.9 Å². The minimum absolute atomic E-state index is 0.00552. The molecule has 0 aliphatic heterocycles. The molecule has 11 heteroatoms. The van der Waals surface area contributed by atoms with Crippen LogP contribution in [0.1, 0.15) is 36.2 Å². The fourth-order valence-electron chi connectivity index (χ4n) is 3.21. The molecule has 0 atom stereocenters. The Labute approximate surface area is 151 Å². The fraction of sp³-hybridized carbons (Fsp3) is 0.533.